The minimum atomic E-state index is -0.275. The number of hydrogen-bond acceptors (Lipinski definition) is 2. The number of nitrogens with zero attached hydrogens (tertiary/aromatic N) is 2. The Morgan fingerprint density at radius 3 is 2.61 bits per heavy atom. The Bertz CT molecular complexity index is 1170. The summed E-state index contributed by atoms with van der Waals surface area (Å²) in [5.74, 6) is 0.898. The van der Waals surface area contributed by atoms with Gasteiger partial charge in [-0.1, -0.05) is 42.5 Å². The lowest BCUT2D eigenvalue weighted by molar-refractivity contribution is -0.674. The molecular formula is C24H25N2O2+. The zero-order valence-corrected chi connectivity index (χ0v) is 16.6. The van der Waals surface area contributed by atoms with E-state index in [9.17, 15) is 4.79 Å². The van der Waals surface area contributed by atoms with E-state index in [4.69, 9.17) is 4.74 Å². The number of aryl methyl sites for hydroxylation is 1. The zero-order valence-electron chi connectivity index (χ0n) is 16.6. The number of hydrogen-bond donors (Lipinski definition) is 0. The summed E-state index contributed by atoms with van der Waals surface area (Å²) in [5, 5.41) is 2.50. The molecule has 142 valence electrons. The number of fused-ring (bicyclic) bond motifs is 2. The van der Waals surface area contributed by atoms with Crippen molar-refractivity contribution < 1.29 is 14.1 Å². The highest BCUT2D eigenvalue weighted by Crippen LogP contribution is 2.23. The summed E-state index contributed by atoms with van der Waals surface area (Å²) < 4.78 is 9.78. The van der Waals surface area contributed by atoms with Gasteiger partial charge in [0.15, 0.2) is 11.0 Å². The number of esters is 1. The van der Waals surface area contributed by atoms with Crippen LogP contribution in [-0.4, -0.2) is 17.1 Å². The topological polar surface area (TPSA) is 35.1 Å². The van der Waals surface area contributed by atoms with Crippen molar-refractivity contribution >= 4 is 27.8 Å². The third-order valence-corrected chi connectivity index (χ3v) is 5.37. The molecule has 4 heteroatoms. The summed E-state index contributed by atoms with van der Waals surface area (Å²) in [5.41, 5.74) is 4.04. The number of aromatic nitrogens is 2. The van der Waals surface area contributed by atoms with Crippen LogP contribution < -0.4 is 4.57 Å². The third kappa shape index (κ3) is 3.05. The van der Waals surface area contributed by atoms with Gasteiger partial charge in [0, 0.05) is 18.6 Å². The van der Waals surface area contributed by atoms with Crippen LogP contribution in [0.5, 0.6) is 0 Å². The first kappa shape index (κ1) is 18.2. The smallest absolute Gasteiger partial charge is 0.338 e. The maximum Gasteiger partial charge on any atom is 0.338 e. The van der Waals surface area contributed by atoms with Crippen molar-refractivity contribution in [3.8, 4) is 0 Å². The van der Waals surface area contributed by atoms with Crippen molar-refractivity contribution in [3.63, 3.8) is 0 Å². The van der Waals surface area contributed by atoms with Gasteiger partial charge in [-0.2, -0.15) is 0 Å². The fourth-order valence-corrected chi connectivity index (χ4v) is 4.00. The molecule has 0 aliphatic rings. The highest BCUT2D eigenvalue weighted by molar-refractivity contribution is 5.93. The summed E-state index contributed by atoms with van der Waals surface area (Å²) in [6, 6.07) is 20.7. The maximum atomic E-state index is 12.3. The highest BCUT2D eigenvalue weighted by Gasteiger charge is 2.23. The zero-order chi connectivity index (χ0) is 19.7. The van der Waals surface area contributed by atoms with Crippen LogP contribution in [0.3, 0.4) is 0 Å². The second-order valence-corrected chi connectivity index (χ2v) is 6.94. The van der Waals surface area contributed by atoms with Crippen LogP contribution in [0.4, 0.5) is 0 Å². The number of rotatable bonds is 5. The third-order valence-electron chi connectivity index (χ3n) is 5.37. The highest BCUT2D eigenvalue weighted by atomic mass is 16.5. The van der Waals surface area contributed by atoms with E-state index < -0.39 is 0 Å². The Kier molecular flexibility index (Phi) is 4.86. The van der Waals surface area contributed by atoms with Crippen molar-refractivity contribution in [1.82, 2.24) is 4.57 Å². The fourth-order valence-electron chi connectivity index (χ4n) is 4.00. The van der Waals surface area contributed by atoms with Crippen molar-refractivity contribution in [2.45, 2.75) is 33.9 Å². The summed E-state index contributed by atoms with van der Waals surface area (Å²) in [4.78, 5) is 12.3. The van der Waals surface area contributed by atoms with Crippen molar-refractivity contribution in [1.29, 1.82) is 0 Å². The number of carbonyl (C=O) groups excluding carboxylic acids is 1. The molecule has 0 atom stereocenters. The van der Waals surface area contributed by atoms with Crippen molar-refractivity contribution in [2.75, 3.05) is 6.61 Å². The maximum absolute atomic E-state index is 12.3. The Morgan fingerprint density at radius 2 is 1.82 bits per heavy atom. The molecule has 4 rings (SSSR count). The van der Waals surface area contributed by atoms with Gasteiger partial charge in [-0.15, -0.1) is 0 Å². The SMILES string of the molecule is CCOC(=O)c1ccc2c(c1)n(Cc1cccc3ccccc13)c(C)[n+]2CC. The van der Waals surface area contributed by atoms with Crippen LogP contribution in [0.1, 0.15) is 35.6 Å². The molecule has 0 fully saturated rings. The van der Waals surface area contributed by atoms with Gasteiger partial charge in [0.2, 0.25) is 0 Å². The first-order valence-corrected chi connectivity index (χ1v) is 9.80. The molecule has 4 aromatic rings. The average molecular weight is 373 g/mol. The molecule has 4 nitrogen and oxygen atoms in total. The number of ether oxygens (including phenoxy) is 1. The number of imidazole rings is 1. The monoisotopic (exact) mass is 373 g/mol. The predicted octanol–water partition coefficient (Wildman–Crippen LogP) is 4.64. The Morgan fingerprint density at radius 1 is 1.04 bits per heavy atom. The standard InChI is InChI=1S/C24H25N2O2/c1-4-25-17(3)26(16-20-11-8-10-18-9-6-7-12-21(18)20)23-15-19(13-14-22(23)25)24(27)28-5-2/h6-15H,4-5,16H2,1-3H3/q+1. The molecule has 0 N–H and O–H groups in total. The van der Waals surface area contributed by atoms with Gasteiger partial charge >= 0.3 is 5.97 Å². The Hall–Kier alpha value is -3.14. The van der Waals surface area contributed by atoms with Gasteiger partial charge in [0.25, 0.3) is 5.82 Å². The van der Waals surface area contributed by atoms with E-state index in [2.05, 4.69) is 65.4 Å². The van der Waals surface area contributed by atoms with Crippen LogP contribution >= 0.6 is 0 Å². The molecule has 0 radical (unpaired) electrons. The summed E-state index contributed by atoms with van der Waals surface area (Å²) in [6.07, 6.45) is 0. The van der Waals surface area contributed by atoms with E-state index in [1.54, 1.807) is 0 Å². The molecule has 3 aromatic carbocycles. The Balaban J connectivity index is 1.88. The summed E-state index contributed by atoms with van der Waals surface area (Å²) in [6.45, 7) is 8.12. The van der Waals surface area contributed by atoms with E-state index >= 15 is 0 Å². The molecule has 1 heterocycles. The second-order valence-electron chi connectivity index (χ2n) is 6.94. The van der Waals surface area contributed by atoms with Gasteiger partial charge in [-0.25, -0.2) is 13.9 Å². The molecule has 0 saturated heterocycles. The minimum absolute atomic E-state index is 0.275. The van der Waals surface area contributed by atoms with E-state index in [1.165, 1.54) is 22.2 Å². The van der Waals surface area contributed by atoms with Crippen LogP contribution in [0.15, 0.2) is 60.7 Å². The molecular weight excluding hydrogens is 348 g/mol. The molecule has 0 bridgehead atoms. The van der Waals surface area contributed by atoms with Gasteiger partial charge < -0.3 is 4.74 Å². The lowest BCUT2D eigenvalue weighted by atomic mass is 10.0. The van der Waals surface area contributed by atoms with Crippen LogP contribution in [0, 0.1) is 6.92 Å². The van der Waals surface area contributed by atoms with E-state index in [1.807, 2.05) is 25.1 Å². The molecule has 0 spiro atoms. The van der Waals surface area contributed by atoms with Gasteiger partial charge in [0.05, 0.1) is 18.7 Å². The van der Waals surface area contributed by atoms with Gasteiger partial charge in [0.1, 0.15) is 6.54 Å². The van der Waals surface area contributed by atoms with Crippen molar-refractivity contribution in [3.05, 3.63) is 77.6 Å². The lowest BCUT2D eigenvalue weighted by Gasteiger charge is -2.06. The predicted molar refractivity (Wildman–Crippen MR) is 112 cm³/mol. The van der Waals surface area contributed by atoms with Gasteiger partial charge in [-0.3, -0.25) is 0 Å². The number of benzene rings is 3. The van der Waals surface area contributed by atoms with E-state index in [0.717, 1.165) is 24.1 Å². The van der Waals surface area contributed by atoms with Crippen LogP contribution in [0.25, 0.3) is 21.8 Å². The van der Waals surface area contributed by atoms with Gasteiger partial charge in [-0.05, 0) is 36.8 Å². The summed E-state index contributed by atoms with van der Waals surface area (Å²) >= 11 is 0. The molecule has 28 heavy (non-hydrogen) atoms. The Labute approximate surface area is 165 Å². The first-order valence-electron chi connectivity index (χ1n) is 9.80. The molecule has 0 aliphatic heterocycles. The molecule has 0 saturated carbocycles. The molecule has 0 unspecified atom stereocenters. The summed E-state index contributed by atoms with van der Waals surface area (Å²) in [7, 11) is 0. The normalized spacial score (nSPS) is 11.2. The van der Waals surface area contributed by atoms with Crippen LogP contribution in [-0.2, 0) is 17.8 Å². The number of carbonyl (C=O) groups is 1. The molecule has 1 aromatic heterocycles. The quantitative estimate of drug-likeness (QED) is 0.377. The second kappa shape index (κ2) is 7.47. The fraction of sp³-hybridized carbons (Fsp3) is 0.250. The van der Waals surface area contributed by atoms with E-state index in [0.29, 0.717) is 12.2 Å². The average Bonchev–Trinajstić information content (AvgIpc) is 2.98. The minimum Gasteiger partial charge on any atom is -0.462 e. The largest absolute Gasteiger partial charge is 0.462 e. The van der Waals surface area contributed by atoms with Crippen LogP contribution in [0.2, 0.25) is 0 Å². The molecule has 0 aliphatic carbocycles. The molecule has 0 amide bonds. The van der Waals surface area contributed by atoms with Crippen molar-refractivity contribution in [2.24, 2.45) is 0 Å². The van der Waals surface area contributed by atoms with E-state index in [-0.39, 0.29) is 5.97 Å². The first-order chi connectivity index (χ1) is 13.6. The lowest BCUT2D eigenvalue weighted by Crippen LogP contribution is -2.35.